The molecule has 0 aliphatic carbocycles. The first-order valence-corrected chi connectivity index (χ1v) is 13.1. The molecule has 0 spiro atoms. The van der Waals surface area contributed by atoms with Gasteiger partial charge in [-0.15, -0.1) is 0 Å². The molecule has 2 aromatic carbocycles. The molecule has 0 radical (unpaired) electrons. The summed E-state index contributed by atoms with van der Waals surface area (Å²) >= 11 is 3.45. The predicted octanol–water partition coefficient (Wildman–Crippen LogP) is 5.72. The van der Waals surface area contributed by atoms with Gasteiger partial charge in [0.05, 0.1) is 0 Å². The molecule has 6 nitrogen and oxygen atoms in total. The maximum absolute atomic E-state index is 8.59. The Bertz CT molecular complexity index is 1280. The van der Waals surface area contributed by atoms with E-state index in [1.807, 2.05) is 18.3 Å². The lowest BCUT2D eigenvalue weighted by atomic mass is 9.82. The van der Waals surface area contributed by atoms with Gasteiger partial charge in [0.25, 0.3) is 0 Å². The van der Waals surface area contributed by atoms with Crippen molar-refractivity contribution in [3.63, 3.8) is 0 Å². The van der Waals surface area contributed by atoms with E-state index in [2.05, 4.69) is 116 Å². The first-order chi connectivity index (χ1) is 17.7. The first kappa shape index (κ1) is 31.0. The highest BCUT2D eigenvalue weighted by Crippen LogP contribution is 2.27. The third-order valence-corrected chi connectivity index (χ3v) is 6.14. The van der Waals surface area contributed by atoms with Crippen LogP contribution in [0.25, 0.3) is 11.1 Å². The van der Waals surface area contributed by atoms with Crippen molar-refractivity contribution in [3.05, 3.63) is 101 Å². The van der Waals surface area contributed by atoms with E-state index in [4.69, 9.17) is 21.5 Å². The summed E-state index contributed by atoms with van der Waals surface area (Å²) in [6, 6.07) is 23.9. The van der Waals surface area contributed by atoms with Crippen molar-refractivity contribution in [2.75, 3.05) is 11.5 Å². The van der Waals surface area contributed by atoms with Gasteiger partial charge in [0.1, 0.15) is 11.6 Å². The highest BCUT2D eigenvalue weighted by molar-refractivity contribution is 9.10. The van der Waals surface area contributed by atoms with Crippen LogP contribution in [0.2, 0.25) is 0 Å². The predicted molar refractivity (Wildman–Crippen MR) is 164 cm³/mol. The number of halogens is 1. The number of pyridine rings is 2. The summed E-state index contributed by atoms with van der Waals surface area (Å²) in [7, 11) is -1.46. The quantitative estimate of drug-likeness (QED) is 0.227. The van der Waals surface area contributed by atoms with E-state index in [1.54, 1.807) is 0 Å². The maximum Gasteiger partial charge on any atom is 0.490 e. The van der Waals surface area contributed by atoms with Crippen LogP contribution < -0.4 is 16.9 Å². The number of aromatic nitrogens is 2. The van der Waals surface area contributed by atoms with Gasteiger partial charge in [-0.05, 0) is 57.9 Å². The van der Waals surface area contributed by atoms with Crippen LogP contribution in [-0.2, 0) is 10.8 Å². The molecule has 2 aromatic heterocycles. The molecule has 0 amide bonds. The molecule has 0 atom stereocenters. The zero-order valence-electron chi connectivity index (χ0n) is 23.0. The van der Waals surface area contributed by atoms with E-state index in [9.17, 15) is 0 Å². The highest BCUT2D eigenvalue weighted by Gasteiger charge is 2.14. The molecule has 0 aliphatic heterocycles. The van der Waals surface area contributed by atoms with Crippen molar-refractivity contribution in [1.82, 2.24) is 9.97 Å². The van der Waals surface area contributed by atoms with Crippen molar-refractivity contribution >= 4 is 40.1 Å². The van der Waals surface area contributed by atoms with Gasteiger partial charge in [0, 0.05) is 27.9 Å². The van der Waals surface area contributed by atoms with Crippen LogP contribution in [0.5, 0.6) is 0 Å². The molecule has 0 aliphatic rings. The molecule has 200 valence electrons. The molecule has 0 bridgehead atoms. The second-order valence-electron chi connectivity index (χ2n) is 11.0. The Morgan fingerprint density at radius 3 is 1.61 bits per heavy atom. The SMILES string of the molecule is CC(C)(C)c1cccc(-c2ccc(N)nc2)c1.CC(C)(C)c1cccc(Br)c1.Nc1ccc(B(O)O)cn1. The lowest BCUT2D eigenvalue weighted by Gasteiger charge is -2.19. The molecular weight excluding hydrogens is 539 g/mol. The zero-order chi connectivity index (χ0) is 28.5. The normalized spacial score (nSPS) is 11.0. The van der Waals surface area contributed by atoms with Crippen LogP contribution in [0.3, 0.4) is 0 Å². The monoisotopic (exact) mass is 576 g/mol. The summed E-state index contributed by atoms with van der Waals surface area (Å²) in [6.45, 7) is 13.3. The van der Waals surface area contributed by atoms with E-state index >= 15 is 0 Å². The molecule has 0 saturated heterocycles. The topological polar surface area (TPSA) is 118 Å². The first-order valence-electron chi connectivity index (χ1n) is 12.3. The third kappa shape index (κ3) is 10.3. The summed E-state index contributed by atoms with van der Waals surface area (Å²) in [4.78, 5) is 7.78. The van der Waals surface area contributed by atoms with Crippen molar-refractivity contribution in [1.29, 1.82) is 0 Å². The van der Waals surface area contributed by atoms with Crippen LogP contribution >= 0.6 is 15.9 Å². The van der Waals surface area contributed by atoms with Gasteiger partial charge >= 0.3 is 7.12 Å². The zero-order valence-corrected chi connectivity index (χ0v) is 24.6. The van der Waals surface area contributed by atoms with Gasteiger partial charge in [-0.25, -0.2) is 9.97 Å². The van der Waals surface area contributed by atoms with Gasteiger partial charge in [-0.1, -0.05) is 99.9 Å². The number of benzene rings is 2. The van der Waals surface area contributed by atoms with Crippen LogP contribution in [0.4, 0.5) is 11.6 Å². The average molecular weight is 577 g/mol. The number of anilines is 2. The number of nitrogens with two attached hydrogens (primary N) is 2. The summed E-state index contributed by atoms with van der Waals surface area (Å²) in [5.41, 5.74) is 16.6. The summed E-state index contributed by atoms with van der Waals surface area (Å²) in [6.07, 6.45) is 3.14. The Kier molecular flexibility index (Phi) is 11.1. The molecule has 38 heavy (non-hydrogen) atoms. The third-order valence-electron chi connectivity index (χ3n) is 5.65. The van der Waals surface area contributed by atoms with Crippen molar-refractivity contribution in [3.8, 4) is 11.1 Å². The number of nitrogen functional groups attached to an aromatic ring is 2. The van der Waals surface area contributed by atoms with Gasteiger partial charge in [-0.2, -0.15) is 0 Å². The van der Waals surface area contributed by atoms with Gasteiger partial charge in [-0.3, -0.25) is 0 Å². The van der Waals surface area contributed by atoms with E-state index in [1.165, 1.54) is 35.0 Å². The van der Waals surface area contributed by atoms with Crippen LogP contribution in [0.15, 0.2) is 89.7 Å². The summed E-state index contributed by atoms with van der Waals surface area (Å²) < 4.78 is 1.16. The molecule has 8 heteroatoms. The molecule has 4 rings (SSSR count). The molecule has 2 heterocycles. The van der Waals surface area contributed by atoms with Gasteiger partial charge in [0.2, 0.25) is 0 Å². The Hall–Kier alpha value is -3.20. The van der Waals surface area contributed by atoms with E-state index in [0.717, 1.165) is 10.0 Å². The Balaban J connectivity index is 0.000000211. The molecule has 6 N–H and O–H groups in total. The largest absolute Gasteiger partial charge is 0.490 e. The number of hydrogen-bond donors (Lipinski definition) is 4. The standard InChI is InChI=1S/C15H18N2.C10H13Br.C5H7BN2O2/c1-15(2,3)13-6-4-5-11(9-13)12-7-8-14(16)17-10-12;1-10(2,3)8-5-4-6-9(11)7-8;7-5-2-1-4(3-8-5)6(9)10/h4-10H,1-3H3,(H2,16,17);4-7H,1-3H3;1-3,9-10H,(H2,7,8). The lowest BCUT2D eigenvalue weighted by molar-refractivity contribution is 0.425. The summed E-state index contributed by atoms with van der Waals surface area (Å²) in [5.74, 6) is 0.921. The fourth-order valence-corrected chi connectivity index (χ4v) is 3.67. The van der Waals surface area contributed by atoms with Crippen molar-refractivity contribution in [2.24, 2.45) is 0 Å². The molecule has 0 unspecified atom stereocenters. The summed E-state index contributed by atoms with van der Waals surface area (Å²) in [5, 5.41) is 17.2. The van der Waals surface area contributed by atoms with E-state index < -0.39 is 7.12 Å². The van der Waals surface area contributed by atoms with Crippen LogP contribution in [0.1, 0.15) is 52.7 Å². The minimum Gasteiger partial charge on any atom is -0.423 e. The second kappa shape index (κ2) is 13.6. The maximum atomic E-state index is 8.59. The van der Waals surface area contributed by atoms with Crippen molar-refractivity contribution in [2.45, 2.75) is 52.4 Å². The smallest absolute Gasteiger partial charge is 0.423 e. The second-order valence-corrected chi connectivity index (χ2v) is 11.9. The Labute approximate surface area is 235 Å². The number of hydrogen-bond acceptors (Lipinski definition) is 6. The van der Waals surface area contributed by atoms with Crippen LogP contribution in [0, 0.1) is 0 Å². The molecule has 4 aromatic rings. The van der Waals surface area contributed by atoms with Crippen LogP contribution in [-0.4, -0.2) is 27.1 Å². The van der Waals surface area contributed by atoms with Crippen molar-refractivity contribution < 1.29 is 10.0 Å². The number of rotatable bonds is 2. The molecular formula is C30H38BBrN4O2. The fraction of sp³-hybridized carbons (Fsp3) is 0.267. The fourth-order valence-electron chi connectivity index (χ4n) is 3.27. The van der Waals surface area contributed by atoms with E-state index in [-0.39, 0.29) is 10.8 Å². The Morgan fingerprint density at radius 1 is 0.658 bits per heavy atom. The van der Waals surface area contributed by atoms with Gasteiger partial charge < -0.3 is 21.5 Å². The average Bonchev–Trinajstić information content (AvgIpc) is 2.85. The molecule has 0 fully saturated rings. The van der Waals surface area contributed by atoms with Gasteiger partial charge in [0.15, 0.2) is 0 Å². The number of nitrogens with zero attached hydrogens (tertiary/aromatic N) is 2. The molecule has 0 saturated carbocycles. The lowest BCUT2D eigenvalue weighted by Crippen LogP contribution is -2.29. The highest BCUT2D eigenvalue weighted by atomic mass is 79.9. The van der Waals surface area contributed by atoms with E-state index in [0.29, 0.717) is 17.1 Å². The minimum absolute atomic E-state index is 0.164. The minimum atomic E-state index is -1.46. The Morgan fingerprint density at radius 2 is 1.18 bits per heavy atom.